The topological polar surface area (TPSA) is 103 Å². The lowest BCUT2D eigenvalue weighted by Crippen LogP contribution is -2.44. The SMILES string of the molecule is Cn1c(=O)n(C2CCC(=O)NC2=O)c2cccc(-c3cnn(CCC4CCNCC4)c3)c21. The number of nitrogens with zero attached hydrogens (tertiary/aromatic N) is 4. The summed E-state index contributed by atoms with van der Waals surface area (Å²) in [4.78, 5) is 37.1. The summed E-state index contributed by atoms with van der Waals surface area (Å²) < 4.78 is 5.08. The molecule has 0 spiro atoms. The van der Waals surface area contributed by atoms with Gasteiger partial charge in [-0.15, -0.1) is 0 Å². The number of imidazole rings is 1. The van der Waals surface area contributed by atoms with Gasteiger partial charge in [0.05, 0.1) is 17.2 Å². The second-order valence-electron chi connectivity index (χ2n) is 8.83. The number of benzene rings is 1. The minimum Gasteiger partial charge on any atom is -0.317 e. The third-order valence-electron chi connectivity index (χ3n) is 6.79. The van der Waals surface area contributed by atoms with Crippen molar-refractivity contribution in [2.45, 2.75) is 44.7 Å². The molecule has 5 rings (SSSR count). The molecule has 168 valence electrons. The number of aryl methyl sites for hydroxylation is 2. The maximum Gasteiger partial charge on any atom is 0.329 e. The van der Waals surface area contributed by atoms with Gasteiger partial charge in [-0.1, -0.05) is 12.1 Å². The summed E-state index contributed by atoms with van der Waals surface area (Å²) in [5.41, 5.74) is 3.03. The highest BCUT2D eigenvalue weighted by molar-refractivity contribution is 6.00. The van der Waals surface area contributed by atoms with Crippen LogP contribution in [0.5, 0.6) is 0 Å². The number of carbonyl (C=O) groups excluding carboxylic acids is 2. The van der Waals surface area contributed by atoms with E-state index in [2.05, 4.69) is 15.7 Å². The summed E-state index contributed by atoms with van der Waals surface area (Å²) in [6, 6.07) is 5.04. The number of fused-ring (bicyclic) bond motifs is 1. The van der Waals surface area contributed by atoms with Gasteiger partial charge in [-0.05, 0) is 50.8 Å². The molecule has 2 fully saturated rings. The van der Waals surface area contributed by atoms with Gasteiger partial charge in [0.25, 0.3) is 0 Å². The molecule has 1 atom stereocenters. The van der Waals surface area contributed by atoms with Crippen molar-refractivity contribution >= 4 is 22.8 Å². The maximum absolute atomic E-state index is 13.1. The Labute approximate surface area is 185 Å². The molecule has 0 bridgehead atoms. The van der Waals surface area contributed by atoms with Crippen LogP contribution in [0.25, 0.3) is 22.2 Å². The Morgan fingerprint density at radius 2 is 1.94 bits per heavy atom. The van der Waals surface area contributed by atoms with Gasteiger partial charge in [0, 0.05) is 37.3 Å². The molecule has 0 radical (unpaired) electrons. The lowest BCUT2D eigenvalue weighted by atomic mass is 9.95. The third kappa shape index (κ3) is 3.66. The van der Waals surface area contributed by atoms with E-state index in [0.717, 1.165) is 48.6 Å². The number of hydrogen-bond acceptors (Lipinski definition) is 5. The molecule has 3 aromatic rings. The highest BCUT2D eigenvalue weighted by Crippen LogP contribution is 2.30. The fourth-order valence-electron chi connectivity index (χ4n) is 5.01. The van der Waals surface area contributed by atoms with Crippen LogP contribution in [-0.2, 0) is 23.2 Å². The minimum absolute atomic E-state index is 0.225. The van der Waals surface area contributed by atoms with Crippen molar-refractivity contribution in [3.05, 3.63) is 41.1 Å². The van der Waals surface area contributed by atoms with Gasteiger partial charge in [0.2, 0.25) is 11.8 Å². The first kappa shape index (κ1) is 20.7. The first-order chi connectivity index (χ1) is 15.5. The average Bonchev–Trinajstić information content (AvgIpc) is 3.37. The number of carbonyl (C=O) groups is 2. The zero-order valence-electron chi connectivity index (χ0n) is 18.2. The van der Waals surface area contributed by atoms with E-state index in [9.17, 15) is 14.4 Å². The molecule has 1 unspecified atom stereocenters. The van der Waals surface area contributed by atoms with Gasteiger partial charge in [-0.2, -0.15) is 5.10 Å². The predicted octanol–water partition coefficient (Wildman–Crippen LogP) is 1.57. The van der Waals surface area contributed by atoms with Crippen molar-refractivity contribution in [3.63, 3.8) is 0 Å². The first-order valence-corrected chi connectivity index (χ1v) is 11.3. The normalized spacial score (nSPS) is 20.1. The summed E-state index contributed by atoms with van der Waals surface area (Å²) in [5, 5.41) is 10.3. The molecule has 1 aromatic carbocycles. The Morgan fingerprint density at radius 3 is 2.72 bits per heavy atom. The Kier molecular flexibility index (Phi) is 5.42. The van der Waals surface area contributed by atoms with Gasteiger partial charge < -0.3 is 5.32 Å². The number of piperidine rings is 2. The maximum atomic E-state index is 13.1. The van der Waals surface area contributed by atoms with E-state index in [4.69, 9.17) is 0 Å². The lowest BCUT2D eigenvalue weighted by molar-refractivity contribution is -0.135. The number of aromatic nitrogens is 4. The highest BCUT2D eigenvalue weighted by Gasteiger charge is 2.31. The van der Waals surface area contributed by atoms with Crippen molar-refractivity contribution in [3.8, 4) is 11.1 Å². The Hall–Kier alpha value is -3.20. The van der Waals surface area contributed by atoms with Crippen LogP contribution >= 0.6 is 0 Å². The van der Waals surface area contributed by atoms with Gasteiger partial charge >= 0.3 is 5.69 Å². The zero-order valence-corrected chi connectivity index (χ0v) is 18.2. The molecule has 0 aliphatic carbocycles. The second kappa shape index (κ2) is 8.38. The molecule has 4 heterocycles. The molecule has 2 saturated heterocycles. The molecule has 2 amide bonds. The lowest BCUT2D eigenvalue weighted by Gasteiger charge is -2.22. The largest absolute Gasteiger partial charge is 0.329 e. The zero-order chi connectivity index (χ0) is 22.2. The summed E-state index contributed by atoms with van der Waals surface area (Å²) in [6.45, 7) is 3.06. The van der Waals surface area contributed by atoms with Crippen molar-refractivity contribution in [1.29, 1.82) is 0 Å². The minimum atomic E-state index is -0.688. The fourth-order valence-corrected chi connectivity index (χ4v) is 5.01. The molecule has 2 aliphatic rings. The number of nitrogens with one attached hydrogen (secondary N) is 2. The van der Waals surface area contributed by atoms with Crippen LogP contribution in [0.2, 0.25) is 0 Å². The van der Waals surface area contributed by atoms with Crippen LogP contribution in [0, 0.1) is 5.92 Å². The standard InChI is InChI=1S/C23H28N6O3/c1-27-21-17(16-13-25-28(14-16)12-9-15-7-10-24-11-8-15)3-2-4-18(21)29(23(27)32)19-5-6-20(30)26-22(19)31/h2-4,13-15,19,24H,5-12H2,1H3,(H,26,30,31). The van der Waals surface area contributed by atoms with Crippen molar-refractivity contribution in [2.75, 3.05) is 13.1 Å². The van der Waals surface area contributed by atoms with Gasteiger partial charge in [-0.25, -0.2) is 4.79 Å². The molecule has 9 heteroatoms. The highest BCUT2D eigenvalue weighted by atomic mass is 16.2. The Balaban J connectivity index is 1.47. The smallest absolute Gasteiger partial charge is 0.317 e. The van der Waals surface area contributed by atoms with E-state index < -0.39 is 11.9 Å². The van der Waals surface area contributed by atoms with Crippen molar-refractivity contribution in [2.24, 2.45) is 13.0 Å². The second-order valence-corrected chi connectivity index (χ2v) is 8.83. The van der Waals surface area contributed by atoms with Crippen LogP contribution in [0.4, 0.5) is 0 Å². The van der Waals surface area contributed by atoms with E-state index in [-0.39, 0.29) is 18.0 Å². The average molecular weight is 437 g/mol. The van der Waals surface area contributed by atoms with Crippen molar-refractivity contribution in [1.82, 2.24) is 29.5 Å². The van der Waals surface area contributed by atoms with E-state index in [0.29, 0.717) is 11.9 Å². The third-order valence-corrected chi connectivity index (χ3v) is 6.79. The van der Waals surface area contributed by atoms with Crippen LogP contribution < -0.4 is 16.3 Å². The van der Waals surface area contributed by atoms with Crippen LogP contribution in [-0.4, -0.2) is 43.8 Å². The molecule has 32 heavy (non-hydrogen) atoms. The molecular weight excluding hydrogens is 408 g/mol. The summed E-state index contributed by atoms with van der Waals surface area (Å²) in [7, 11) is 1.72. The summed E-state index contributed by atoms with van der Waals surface area (Å²) in [5.74, 6) is 0.0137. The van der Waals surface area contributed by atoms with E-state index in [1.807, 2.05) is 35.3 Å². The number of rotatable bonds is 5. The van der Waals surface area contributed by atoms with Gasteiger partial charge in [0.1, 0.15) is 6.04 Å². The van der Waals surface area contributed by atoms with Crippen LogP contribution in [0.3, 0.4) is 0 Å². The number of para-hydroxylation sites is 1. The molecule has 2 N–H and O–H groups in total. The molecule has 2 aliphatic heterocycles. The molecule has 2 aromatic heterocycles. The van der Waals surface area contributed by atoms with E-state index in [1.54, 1.807) is 11.6 Å². The van der Waals surface area contributed by atoms with Gasteiger partial charge in [-0.3, -0.25) is 28.7 Å². The number of amides is 2. The molecular formula is C23H28N6O3. The quantitative estimate of drug-likeness (QED) is 0.591. The summed E-state index contributed by atoms with van der Waals surface area (Å²) in [6.07, 6.45) is 7.95. The van der Waals surface area contributed by atoms with Gasteiger partial charge in [0.15, 0.2) is 0 Å². The fraction of sp³-hybridized carbons (Fsp3) is 0.478. The molecule has 9 nitrogen and oxygen atoms in total. The number of hydrogen-bond donors (Lipinski definition) is 2. The Bertz CT molecular complexity index is 1230. The monoisotopic (exact) mass is 436 g/mol. The van der Waals surface area contributed by atoms with Crippen LogP contribution in [0.1, 0.15) is 38.1 Å². The first-order valence-electron chi connectivity index (χ1n) is 11.3. The predicted molar refractivity (Wildman–Crippen MR) is 120 cm³/mol. The Morgan fingerprint density at radius 1 is 1.12 bits per heavy atom. The van der Waals surface area contributed by atoms with Crippen molar-refractivity contribution < 1.29 is 9.59 Å². The molecule has 0 saturated carbocycles. The van der Waals surface area contributed by atoms with Crippen LogP contribution in [0.15, 0.2) is 35.4 Å². The van der Waals surface area contributed by atoms with E-state index in [1.165, 1.54) is 17.4 Å². The summed E-state index contributed by atoms with van der Waals surface area (Å²) >= 11 is 0. The number of imide groups is 1. The van der Waals surface area contributed by atoms with E-state index >= 15 is 0 Å².